The van der Waals surface area contributed by atoms with E-state index in [-0.39, 0.29) is 11.8 Å². The van der Waals surface area contributed by atoms with Crippen LogP contribution < -0.4 is 20.1 Å². The van der Waals surface area contributed by atoms with Crippen LogP contribution >= 0.6 is 11.6 Å². The fourth-order valence-corrected chi connectivity index (χ4v) is 3.13. The Morgan fingerprint density at radius 2 is 1.45 bits per heavy atom. The second-order valence-corrected chi connectivity index (χ2v) is 6.73. The number of rotatable bonds is 4. The molecule has 1 aliphatic rings. The second kappa shape index (κ2) is 8.24. The lowest BCUT2D eigenvalue weighted by atomic mass is 10.1. The molecule has 0 atom stereocenters. The largest absolute Gasteiger partial charge is 0.486 e. The van der Waals surface area contributed by atoms with E-state index >= 15 is 0 Å². The summed E-state index contributed by atoms with van der Waals surface area (Å²) in [4.78, 5) is 25.0. The second-order valence-electron chi connectivity index (χ2n) is 6.33. The number of hydrogen-bond donors (Lipinski definition) is 2. The number of fused-ring (bicyclic) bond motifs is 1. The molecule has 1 aliphatic heterocycles. The van der Waals surface area contributed by atoms with E-state index in [1.807, 2.05) is 0 Å². The van der Waals surface area contributed by atoms with Crippen molar-refractivity contribution < 1.29 is 19.1 Å². The van der Waals surface area contributed by atoms with Gasteiger partial charge in [0.05, 0.1) is 10.6 Å². The van der Waals surface area contributed by atoms with Crippen LogP contribution in [0.3, 0.4) is 0 Å². The van der Waals surface area contributed by atoms with Crippen LogP contribution in [-0.2, 0) is 0 Å². The molecule has 146 valence electrons. The molecule has 0 saturated heterocycles. The van der Waals surface area contributed by atoms with Crippen molar-refractivity contribution in [3.63, 3.8) is 0 Å². The summed E-state index contributed by atoms with van der Waals surface area (Å²) in [6, 6.07) is 18.7. The number of hydrogen-bond acceptors (Lipinski definition) is 4. The highest BCUT2D eigenvalue weighted by Gasteiger charge is 2.15. The Morgan fingerprint density at radius 1 is 0.759 bits per heavy atom. The molecule has 0 radical (unpaired) electrons. The first-order chi connectivity index (χ1) is 14.1. The molecule has 0 bridgehead atoms. The lowest BCUT2D eigenvalue weighted by molar-refractivity contribution is 0.101. The Morgan fingerprint density at radius 3 is 2.21 bits per heavy atom. The van der Waals surface area contributed by atoms with Crippen LogP contribution in [0.4, 0.5) is 11.4 Å². The minimum atomic E-state index is -0.328. The van der Waals surface area contributed by atoms with Crippen molar-refractivity contribution in [1.82, 2.24) is 0 Å². The van der Waals surface area contributed by atoms with Gasteiger partial charge in [0.2, 0.25) is 0 Å². The summed E-state index contributed by atoms with van der Waals surface area (Å²) in [5.74, 6) is 0.546. The molecule has 0 aromatic heterocycles. The van der Waals surface area contributed by atoms with E-state index in [1.165, 1.54) is 0 Å². The van der Waals surface area contributed by atoms with Gasteiger partial charge in [-0.1, -0.05) is 29.8 Å². The Hall–Kier alpha value is -3.51. The van der Waals surface area contributed by atoms with Gasteiger partial charge in [-0.15, -0.1) is 0 Å². The van der Waals surface area contributed by atoms with Gasteiger partial charge in [-0.2, -0.15) is 0 Å². The van der Waals surface area contributed by atoms with Crippen molar-refractivity contribution in [2.24, 2.45) is 0 Å². The van der Waals surface area contributed by atoms with E-state index in [4.69, 9.17) is 21.1 Å². The highest BCUT2D eigenvalue weighted by molar-refractivity contribution is 6.34. The van der Waals surface area contributed by atoms with E-state index in [1.54, 1.807) is 66.7 Å². The van der Waals surface area contributed by atoms with Crippen LogP contribution in [0.1, 0.15) is 20.7 Å². The van der Waals surface area contributed by atoms with Crippen LogP contribution in [0.15, 0.2) is 66.7 Å². The SMILES string of the molecule is O=C(Nc1cccc(NC(=O)c2ccccc2Cl)c1)c1ccc2c(c1)OCCO2. The molecule has 6 nitrogen and oxygen atoms in total. The lowest BCUT2D eigenvalue weighted by Crippen LogP contribution is -2.17. The van der Waals surface area contributed by atoms with E-state index in [0.717, 1.165) is 0 Å². The average Bonchev–Trinajstić information content (AvgIpc) is 2.74. The summed E-state index contributed by atoms with van der Waals surface area (Å²) in [5, 5.41) is 5.97. The number of benzene rings is 3. The molecule has 0 fully saturated rings. The molecular weight excluding hydrogens is 392 g/mol. The number of halogens is 1. The quantitative estimate of drug-likeness (QED) is 0.660. The zero-order chi connectivity index (χ0) is 20.2. The first-order valence-corrected chi connectivity index (χ1v) is 9.35. The van der Waals surface area contributed by atoms with Gasteiger partial charge < -0.3 is 20.1 Å². The molecule has 2 amide bonds. The molecule has 3 aromatic rings. The van der Waals surface area contributed by atoms with Crippen LogP contribution in [0, 0.1) is 0 Å². The maximum atomic E-state index is 12.6. The summed E-state index contributed by atoms with van der Waals surface area (Å²) < 4.78 is 11.0. The zero-order valence-electron chi connectivity index (χ0n) is 15.3. The molecule has 29 heavy (non-hydrogen) atoms. The highest BCUT2D eigenvalue weighted by atomic mass is 35.5. The molecular formula is C22H17ClN2O4. The van der Waals surface area contributed by atoms with Crippen molar-refractivity contribution in [2.75, 3.05) is 23.8 Å². The van der Waals surface area contributed by atoms with Gasteiger partial charge in [-0.25, -0.2) is 0 Å². The summed E-state index contributed by atoms with van der Waals surface area (Å²) in [7, 11) is 0. The van der Waals surface area contributed by atoms with Crippen molar-refractivity contribution in [2.45, 2.75) is 0 Å². The fourth-order valence-electron chi connectivity index (χ4n) is 2.91. The topological polar surface area (TPSA) is 76.7 Å². The van der Waals surface area contributed by atoms with Gasteiger partial charge >= 0.3 is 0 Å². The molecule has 7 heteroatoms. The summed E-state index contributed by atoms with van der Waals surface area (Å²) in [6.07, 6.45) is 0. The van der Waals surface area contributed by atoms with Crippen LogP contribution in [-0.4, -0.2) is 25.0 Å². The van der Waals surface area contributed by atoms with Crippen LogP contribution in [0.2, 0.25) is 5.02 Å². The number of nitrogens with one attached hydrogen (secondary N) is 2. The number of anilines is 2. The smallest absolute Gasteiger partial charge is 0.257 e. The van der Waals surface area contributed by atoms with E-state index < -0.39 is 0 Å². The Balaban J connectivity index is 1.47. The molecule has 1 heterocycles. The molecule has 0 unspecified atom stereocenters. The van der Waals surface area contributed by atoms with Gasteiger partial charge in [0, 0.05) is 16.9 Å². The molecule has 0 saturated carbocycles. The first kappa shape index (κ1) is 18.8. The Kier molecular flexibility index (Phi) is 5.35. The summed E-state index contributed by atoms with van der Waals surface area (Å²) >= 11 is 6.07. The van der Waals surface area contributed by atoms with Gasteiger partial charge in [0.1, 0.15) is 13.2 Å². The van der Waals surface area contributed by atoms with Crippen molar-refractivity contribution >= 4 is 34.8 Å². The average molecular weight is 409 g/mol. The molecule has 0 aliphatic carbocycles. The molecule has 0 spiro atoms. The van der Waals surface area contributed by atoms with Crippen molar-refractivity contribution in [3.8, 4) is 11.5 Å². The standard InChI is InChI=1S/C22H17ClN2O4/c23-18-7-2-1-6-17(18)22(27)25-16-5-3-4-15(13-16)24-21(26)14-8-9-19-20(12-14)29-11-10-28-19/h1-9,12-13H,10-11H2,(H,24,26)(H,25,27). The van der Waals surface area contributed by atoms with E-state index in [9.17, 15) is 9.59 Å². The molecule has 2 N–H and O–H groups in total. The van der Waals surface area contributed by atoms with Crippen LogP contribution in [0.5, 0.6) is 11.5 Å². The first-order valence-electron chi connectivity index (χ1n) is 8.97. The Labute approximate surface area is 172 Å². The lowest BCUT2D eigenvalue weighted by Gasteiger charge is -2.18. The monoisotopic (exact) mass is 408 g/mol. The summed E-state index contributed by atoms with van der Waals surface area (Å²) in [6.45, 7) is 0.941. The number of amides is 2. The van der Waals surface area contributed by atoms with Crippen molar-refractivity contribution in [3.05, 3.63) is 82.9 Å². The number of ether oxygens (including phenoxy) is 2. The summed E-state index contributed by atoms with van der Waals surface area (Å²) in [5.41, 5.74) is 1.90. The minimum Gasteiger partial charge on any atom is -0.486 e. The van der Waals surface area contributed by atoms with Crippen LogP contribution in [0.25, 0.3) is 0 Å². The van der Waals surface area contributed by atoms with E-state index in [0.29, 0.717) is 52.2 Å². The maximum Gasteiger partial charge on any atom is 0.257 e. The van der Waals surface area contributed by atoms with E-state index in [2.05, 4.69) is 10.6 Å². The number of carbonyl (C=O) groups excluding carboxylic acids is 2. The van der Waals surface area contributed by atoms with Gasteiger partial charge in [-0.3, -0.25) is 9.59 Å². The third-order valence-corrected chi connectivity index (χ3v) is 4.63. The predicted octanol–water partition coefficient (Wildman–Crippen LogP) is 4.62. The maximum absolute atomic E-state index is 12.6. The van der Waals surface area contributed by atoms with Gasteiger partial charge in [0.15, 0.2) is 11.5 Å². The molecule has 4 rings (SSSR count). The fraction of sp³-hybridized carbons (Fsp3) is 0.0909. The predicted molar refractivity (Wildman–Crippen MR) is 111 cm³/mol. The Bertz CT molecular complexity index is 1080. The van der Waals surface area contributed by atoms with Crippen molar-refractivity contribution in [1.29, 1.82) is 0 Å². The van der Waals surface area contributed by atoms with Gasteiger partial charge in [0.25, 0.3) is 11.8 Å². The number of carbonyl (C=O) groups is 2. The third-order valence-electron chi connectivity index (χ3n) is 4.30. The third kappa shape index (κ3) is 4.33. The normalized spacial score (nSPS) is 12.2. The molecule has 3 aromatic carbocycles. The highest BCUT2D eigenvalue weighted by Crippen LogP contribution is 2.31. The minimum absolute atomic E-state index is 0.295. The zero-order valence-corrected chi connectivity index (χ0v) is 16.0. The van der Waals surface area contributed by atoms with Gasteiger partial charge in [-0.05, 0) is 48.5 Å².